The quantitative estimate of drug-likeness (QED) is 0.560. The van der Waals surface area contributed by atoms with E-state index in [-0.39, 0.29) is 12.1 Å². The summed E-state index contributed by atoms with van der Waals surface area (Å²) in [4.78, 5) is 14.6. The maximum Gasteiger partial charge on any atom is 0.320 e. The first-order valence-electron chi connectivity index (χ1n) is 10.4. The van der Waals surface area contributed by atoms with E-state index in [0.29, 0.717) is 36.2 Å². The molecule has 1 atom stereocenters. The third kappa shape index (κ3) is 5.33. The van der Waals surface area contributed by atoms with Crippen molar-refractivity contribution < 1.29 is 14.3 Å². The van der Waals surface area contributed by atoms with Gasteiger partial charge < -0.3 is 19.7 Å². The molecule has 0 radical (unpaired) electrons. The van der Waals surface area contributed by atoms with Gasteiger partial charge in [-0.2, -0.15) is 0 Å². The van der Waals surface area contributed by atoms with Gasteiger partial charge in [-0.25, -0.2) is 9.48 Å². The van der Waals surface area contributed by atoms with Crippen LogP contribution < -0.4 is 20.1 Å². The predicted molar refractivity (Wildman–Crippen MR) is 124 cm³/mol. The molecule has 8 nitrogen and oxygen atoms in total. The monoisotopic (exact) mass is 455 g/mol. The average molecular weight is 456 g/mol. The molecule has 0 bridgehead atoms. The van der Waals surface area contributed by atoms with Crippen molar-refractivity contribution in [2.24, 2.45) is 0 Å². The first-order valence-corrected chi connectivity index (χ1v) is 10.8. The van der Waals surface area contributed by atoms with Gasteiger partial charge in [-0.3, -0.25) is 5.32 Å². The number of halogens is 1. The summed E-state index contributed by atoms with van der Waals surface area (Å²) < 4.78 is 13.1. The number of nitrogens with one attached hydrogen (secondary N) is 2. The minimum Gasteiger partial charge on any atom is -0.492 e. The number of hydrogen-bond donors (Lipinski definition) is 2. The van der Waals surface area contributed by atoms with E-state index in [0.717, 1.165) is 23.5 Å². The van der Waals surface area contributed by atoms with Crippen LogP contribution in [0.2, 0.25) is 5.02 Å². The summed E-state index contributed by atoms with van der Waals surface area (Å²) in [6.07, 6.45) is 2.46. The van der Waals surface area contributed by atoms with Crippen molar-refractivity contribution >= 4 is 23.4 Å². The number of ether oxygens (including phenoxy) is 2. The Morgan fingerprint density at radius 2 is 2.06 bits per heavy atom. The second-order valence-corrected chi connectivity index (χ2v) is 8.14. The molecule has 2 N–H and O–H groups in total. The Hall–Kier alpha value is -3.23. The van der Waals surface area contributed by atoms with Gasteiger partial charge in [-0.05, 0) is 44.4 Å². The lowest BCUT2D eigenvalue weighted by Crippen LogP contribution is -2.35. The largest absolute Gasteiger partial charge is 0.492 e. The van der Waals surface area contributed by atoms with Crippen LogP contribution in [0.15, 0.2) is 54.7 Å². The highest BCUT2D eigenvalue weighted by Gasteiger charge is 2.24. The van der Waals surface area contributed by atoms with Gasteiger partial charge in [0.2, 0.25) is 0 Å². The Morgan fingerprint density at radius 3 is 2.84 bits per heavy atom. The molecule has 0 saturated heterocycles. The first kappa shape index (κ1) is 22.0. The Labute approximate surface area is 192 Å². The number of aromatic nitrogens is 2. The van der Waals surface area contributed by atoms with Gasteiger partial charge in [0.05, 0.1) is 23.4 Å². The third-order valence-electron chi connectivity index (χ3n) is 5.07. The molecule has 4 rings (SSSR count). The van der Waals surface area contributed by atoms with Crippen LogP contribution in [-0.4, -0.2) is 54.6 Å². The lowest BCUT2D eigenvalue weighted by molar-refractivity contribution is 0.232. The lowest BCUT2D eigenvalue weighted by Gasteiger charge is -2.27. The highest BCUT2D eigenvalue weighted by atomic mass is 35.5. The van der Waals surface area contributed by atoms with E-state index in [1.807, 2.05) is 50.5 Å². The van der Waals surface area contributed by atoms with Gasteiger partial charge in [0.25, 0.3) is 0 Å². The fraction of sp³-hybridized carbons (Fsp3) is 0.304. The third-order valence-corrected chi connectivity index (χ3v) is 5.37. The smallest absolute Gasteiger partial charge is 0.320 e. The van der Waals surface area contributed by atoms with Crippen molar-refractivity contribution in [2.45, 2.75) is 12.5 Å². The van der Waals surface area contributed by atoms with Gasteiger partial charge in [-0.15, -0.1) is 5.10 Å². The Balaban J connectivity index is 1.35. The van der Waals surface area contributed by atoms with E-state index >= 15 is 0 Å². The number of urea groups is 1. The fourth-order valence-electron chi connectivity index (χ4n) is 3.42. The molecule has 0 unspecified atom stereocenters. The molecule has 32 heavy (non-hydrogen) atoms. The number of amides is 2. The SMILES string of the molecule is CN(C)CCOc1ccc(-n2ccc(NC(=O)N[C@H]3CCOc4c(Cl)cccc43)n2)cc1. The van der Waals surface area contributed by atoms with Crippen LogP contribution in [0.25, 0.3) is 5.69 Å². The maximum absolute atomic E-state index is 12.5. The van der Waals surface area contributed by atoms with Crippen molar-refractivity contribution in [3.05, 3.63) is 65.3 Å². The molecule has 168 valence electrons. The molecule has 3 aromatic rings. The van der Waals surface area contributed by atoms with Crippen LogP contribution in [0.4, 0.5) is 10.6 Å². The van der Waals surface area contributed by atoms with Crippen LogP contribution in [0.5, 0.6) is 11.5 Å². The predicted octanol–water partition coefficient (Wildman–Crippen LogP) is 4.11. The van der Waals surface area contributed by atoms with Crippen LogP contribution >= 0.6 is 11.6 Å². The molecular formula is C23H26ClN5O3. The summed E-state index contributed by atoms with van der Waals surface area (Å²) in [5, 5.41) is 10.7. The van der Waals surface area contributed by atoms with Crippen molar-refractivity contribution in [1.82, 2.24) is 20.0 Å². The number of nitrogens with zero attached hydrogens (tertiary/aromatic N) is 3. The fourth-order valence-corrected chi connectivity index (χ4v) is 3.66. The summed E-state index contributed by atoms with van der Waals surface area (Å²) >= 11 is 6.21. The van der Waals surface area contributed by atoms with Crippen molar-refractivity contribution in [2.75, 3.05) is 39.2 Å². The Bertz CT molecular complexity index is 1070. The second kappa shape index (κ2) is 9.93. The van der Waals surface area contributed by atoms with Crippen molar-refractivity contribution in [1.29, 1.82) is 0 Å². The normalized spacial score (nSPS) is 15.1. The summed E-state index contributed by atoms with van der Waals surface area (Å²) in [7, 11) is 4.02. The number of anilines is 1. The van der Waals surface area contributed by atoms with Gasteiger partial charge in [0, 0.05) is 30.8 Å². The number of likely N-dealkylation sites (N-methyl/N-ethyl adjacent to an activating group) is 1. The molecule has 1 aromatic heterocycles. The highest BCUT2D eigenvalue weighted by molar-refractivity contribution is 6.32. The van der Waals surface area contributed by atoms with Gasteiger partial charge >= 0.3 is 6.03 Å². The first-order chi connectivity index (χ1) is 15.5. The summed E-state index contributed by atoms with van der Waals surface area (Å²) in [5.41, 5.74) is 1.74. The summed E-state index contributed by atoms with van der Waals surface area (Å²) in [6.45, 7) is 1.97. The molecule has 2 amide bonds. The molecule has 0 saturated carbocycles. The number of carbonyl (C=O) groups excluding carboxylic acids is 1. The molecule has 0 spiro atoms. The van der Waals surface area contributed by atoms with Crippen LogP contribution in [0.1, 0.15) is 18.0 Å². The number of fused-ring (bicyclic) bond motifs is 1. The zero-order valence-electron chi connectivity index (χ0n) is 18.0. The van der Waals surface area contributed by atoms with Gasteiger partial charge in [0.1, 0.15) is 18.1 Å². The second-order valence-electron chi connectivity index (χ2n) is 7.74. The van der Waals surface area contributed by atoms with E-state index in [9.17, 15) is 4.79 Å². The Morgan fingerprint density at radius 1 is 1.25 bits per heavy atom. The Kier molecular flexibility index (Phi) is 6.82. The van der Waals surface area contributed by atoms with Crippen LogP contribution in [-0.2, 0) is 0 Å². The van der Waals surface area contributed by atoms with Crippen molar-refractivity contribution in [3.63, 3.8) is 0 Å². The molecule has 0 aliphatic carbocycles. The number of para-hydroxylation sites is 1. The number of hydrogen-bond acceptors (Lipinski definition) is 5. The van der Waals surface area contributed by atoms with Crippen molar-refractivity contribution in [3.8, 4) is 17.2 Å². The number of carbonyl (C=O) groups is 1. The zero-order chi connectivity index (χ0) is 22.5. The van der Waals surface area contributed by atoms with Crippen LogP contribution in [0.3, 0.4) is 0 Å². The molecule has 1 aliphatic rings. The number of benzene rings is 2. The topological polar surface area (TPSA) is 80.7 Å². The zero-order valence-corrected chi connectivity index (χ0v) is 18.8. The van der Waals surface area contributed by atoms with Crippen LogP contribution in [0, 0.1) is 0 Å². The average Bonchev–Trinajstić information content (AvgIpc) is 3.23. The van der Waals surface area contributed by atoms with E-state index in [2.05, 4.69) is 20.6 Å². The molecule has 2 heterocycles. The van der Waals surface area contributed by atoms with E-state index < -0.39 is 0 Å². The summed E-state index contributed by atoms with van der Waals surface area (Å²) in [5.74, 6) is 1.88. The minimum atomic E-state index is -0.335. The minimum absolute atomic E-state index is 0.181. The number of rotatable bonds is 7. The van der Waals surface area contributed by atoms with E-state index in [4.69, 9.17) is 21.1 Å². The van der Waals surface area contributed by atoms with Gasteiger partial charge in [-0.1, -0.05) is 23.7 Å². The standard InChI is InChI=1S/C23H26ClN5O3/c1-28(2)13-15-31-17-8-6-16(7-9-17)29-12-10-21(27-29)26-23(30)25-20-11-14-32-22-18(20)4-3-5-19(22)24/h3-10,12,20H,11,13-15H2,1-2H3,(H2,25,26,27,30)/t20-/m0/s1. The maximum atomic E-state index is 12.5. The molecular weight excluding hydrogens is 430 g/mol. The van der Waals surface area contributed by atoms with E-state index in [1.54, 1.807) is 23.0 Å². The van der Waals surface area contributed by atoms with Gasteiger partial charge in [0.15, 0.2) is 5.82 Å². The molecule has 1 aliphatic heterocycles. The molecule has 9 heteroatoms. The highest BCUT2D eigenvalue weighted by Crippen LogP contribution is 2.37. The van der Waals surface area contributed by atoms with E-state index in [1.165, 1.54) is 0 Å². The molecule has 2 aromatic carbocycles. The lowest BCUT2D eigenvalue weighted by atomic mass is 10.0. The molecule has 0 fully saturated rings. The summed E-state index contributed by atoms with van der Waals surface area (Å²) in [6, 6.07) is 14.4.